The zero-order chi connectivity index (χ0) is 17.5. The van der Waals surface area contributed by atoms with E-state index in [-0.39, 0.29) is 0 Å². The third-order valence-corrected chi connectivity index (χ3v) is 4.84. The van der Waals surface area contributed by atoms with Crippen molar-refractivity contribution in [3.8, 4) is 5.75 Å². The van der Waals surface area contributed by atoms with Crippen molar-refractivity contribution in [3.05, 3.63) is 58.9 Å². The predicted molar refractivity (Wildman–Crippen MR) is 97.5 cm³/mol. The molecule has 26 heavy (non-hydrogen) atoms. The number of hydrogen-bond acceptors (Lipinski definition) is 6. The van der Waals surface area contributed by atoms with E-state index >= 15 is 0 Å². The van der Waals surface area contributed by atoms with Crippen molar-refractivity contribution in [2.24, 2.45) is 0 Å². The van der Waals surface area contributed by atoms with E-state index < -0.39 is 0 Å². The van der Waals surface area contributed by atoms with Gasteiger partial charge in [0.15, 0.2) is 0 Å². The van der Waals surface area contributed by atoms with Gasteiger partial charge in [-0.15, -0.1) is 0 Å². The summed E-state index contributed by atoms with van der Waals surface area (Å²) in [5, 5.41) is 3.35. The molecule has 0 saturated heterocycles. The molecule has 5 rings (SSSR count). The van der Waals surface area contributed by atoms with Crippen molar-refractivity contribution < 1.29 is 9.47 Å². The van der Waals surface area contributed by atoms with Gasteiger partial charge < -0.3 is 24.7 Å². The van der Waals surface area contributed by atoms with Crippen LogP contribution < -0.4 is 15.0 Å². The van der Waals surface area contributed by atoms with Gasteiger partial charge in [-0.3, -0.25) is 0 Å². The number of rotatable bonds is 4. The summed E-state index contributed by atoms with van der Waals surface area (Å²) in [6.45, 7) is 2.63. The number of ether oxygens (including phenoxy) is 2. The molecule has 2 aliphatic heterocycles. The average molecular weight is 349 g/mol. The number of benzene rings is 1. The molecule has 0 atom stereocenters. The highest BCUT2D eigenvalue weighted by Gasteiger charge is 2.26. The van der Waals surface area contributed by atoms with E-state index in [1.807, 2.05) is 24.4 Å². The molecule has 2 aliphatic rings. The van der Waals surface area contributed by atoms with Crippen molar-refractivity contribution in [3.63, 3.8) is 0 Å². The summed E-state index contributed by atoms with van der Waals surface area (Å²) in [6.07, 6.45) is 1.88. The Hall–Kier alpha value is -3.06. The van der Waals surface area contributed by atoms with Crippen LogP contribution in [-0.4, -0.2) is 22.1 Å². The Labute approximate surface area is 151 Å². The SMILES string of the molecule is COc1ccc2c(c1)CN(c1nc3c(c(Nc4ccc[nH]4)n1)COC3)C2. The summed E-state index contributed by atoms with van der Waals surface area (Å²) in [5.41, 5.74) is 4.52. The summed E-state index contributed by atoms with van der Waals surface area (Å²) in [5.74, 6) is 3.30. The van der Waals surface area contributed by atoms with Gasteiger partial charge in [-0.2, -0.15) is 4.98 Å². The number of H-pyrrole nitrogens is 1. The van der Waals surface area contributed by atoms with Crippen molar-refractivity contribution in [2.75, 3.05) is 17.3 Å². The maximum atomic E-state index is 5.60. The van der Waals surface area contributed by atoms with Gasteiger partial charge in [0.05, 0.1) is 26.0 Å². The highest BCUT2D eigenvalue weighted by atomic mass is 16.5. The number of fused-ring (bicyclic) bond motifs is 2. The summed E-state index contributed by atoms with van der Waals surface area (Å²) >= 11 is 0. The molecular weight excluding hydrogens is 330 g/mol. The van der Waals surface area contributed by atoms with Crippen LogP contribution >= 0.6 is 0 Å². The maximum Gasteiger partial charge on any atom is 0.228 e. The summed E-state index contributed by atoms with van der Waals surface area (Å²) in [4.78, 5) is 14.9. The third-order valence-electron chi connectivity index (χ3n) is 4.84. The Kier molecular flexibility index (Phi) is 3.53. The normalized spacial score (nSPS) is 15.0. The number of aromatic amines is 1. The van der Waals surface area contributed by atoms with Crippen molar-refractivity contribution >= 4 is 17.6 Å². The number of nitrogens with one attached hydrogen (secondary N) is 2. The fourth-order valence-corrected chi connectivity index (χ4v) is 3.46. The lowest BCUT2D eigenvalue weighted by molar-refractivity contribution is 0.133. The van der Waals surface area contributed by atoms with Gasteiger partial charge in [-0.1, -0.05) is 6.07 Å². The van der Waals surface area contributed by atoms with Crippen LogP contribution in [0.1, 0.15) is 22.4 Å². The maximum absolute atomic E-state index is 5.60. The van der Waals surface area contributed by atoms with E-state index in [1.54, 1.807) is 7.11 Å². The lowest BCUT2D eigenvalue weighted by Gasteiger charge is -2.18. The van der Waals surface area contributed by atoms with E-state index in [1.165, 1.54) is 11.1 Å². The Bertz CT molecular complexity index is 955. The molecule has 0 aliphatic carbocycles. The topological polar surface area (TPSA) is 75.3 Å². The van der Waals surface area contributed by atoms with Gasteiger partial charge in [0, 0.05) is 24.8 Å². The molecule has 1 aromatic carbocycles. The van der Waals surface area contributed by atoms with Crippen molar-refractivity contribution in [1.82, 2.24) is 15.0 Å². The van der Waals surface area contributed by atoms with Crippen LogP contribution in [0.4, 0.5) is 17.6 Å². The minimum atomic E-state index is 0.527. The Balaban J connectivity index is 1.48. The molecule has 2 aromatic heterocycles. The highest BCUT2D eigenvalue weighted by molar-refractivity contribution is 5.60. The van der Waals surface area contributed by atoms with E-state index in [2.05, 4.69) is 27.3 Å². The molecule has 0 amide bonds. The predicted octanol–water partition coefficient (Wildman–Crippen LogP) is 3.11. The molecule has 7 heteroatoms. The smallest absolute Gasteiger partial charge is 0.228 e. The van der Waals surface area contributed by atoms with E-state index in [0.717, 1.165) is 47.7 Å². The van der Waals surface area contributed by atoms with Crippen LogP contribution in [-0.2, 0) is 31.0 Å². The van der Waals surface area contributed by atoms with Gasteiger partial charge in [0.1, 0.15) is 17.4 Å². The van der Waals surface area contributed by atoms with Gasteiger partial charge in [-0.25, -0.2) is 4.98 Å². The molecule has 132 valence electrons. The molecule has 0 fully saturated rings. The van der Waals surface area contributed by atoms with E-state index in [0.29, 0.717) is 13.2 Å². The van der Waals surface area contributed by atoms with Crippen molar-refractivity contribution in [1.29, 1.82) is 0 Å². The van der Waals surface area contributed by atoms with E-state index in [4.69, 9.17) is 19.4 Å². The van der Waals surface area contributed by atoms with Crippen molar-refractivity contribution in [2.45, 2.75) is 26.3 Å². The van der Waals surface area contributed by atoms with Gasteiger partial charge in [-0.05, 0) is 35.4 Å². The molecule has 3 aromatic rings. The standard InChI is InChI=1S/C19H19N5O2/c1-25-14-5-4-12-8-24(9-13(12)7-14)19-21-16-11-26-10-15(16)18(23-19)22-17-3-2-6-20-17/h2-7,20H,8-11H2,1H3,(H,21,22,23). The Morgan fingerprint density at radius 1 is 1.15 bits per heavy atom. The highest BCUT2D eigenvalue weighted by Crippen LogP contribution is 2.33. The van der Waals surface area contributed by atoms with Crippen LogP contribution in [0.5, 0.6) is 5.75 Å². The zero-order valence-electron chi connectivity index (χ0n) is 14.5. The second kappa shape index (κ2) is 6.03. The van der Waals surface area contributed by atoms with Crippen LogP contribution in [0, 0.1) is 0 Å². The Morgan fingerprint density at radius 2 is 2.08 bits per heavy atom. The van der Waals surface area contributed by atoms with Gasteiger partial charge >= 0.3 is 0 Å². The summed E-state index contributed by atoms with van der Waals surface area (Å²) in [7, 11) is 1.69. The zero-order valence-corrected chi connectivity index (χ0v) is 14.5. The largest absolute Gasteiger partial charge is 0.497 e. The first kappa shape index (κ1) is 15.2. The number of methoxy groups -OCH3 is 1. The average Bonchev–Trinajstić information content (AvgIpc) is 3.40. The lowest BCUT2D eigenvalue weighted by Crippen LogP contribution is -2.19. The molecule has 4 heterocycles. The quantitative estimate of drug-likeness (QED) is 0.754. The number of anilines is 3. The lowest BCUT2D eigenvalue weighted by atomic mass is 10.1. The minimum absolute atomic E-state index is 0.527. The first-order chi connectivity index (χ1) is 12.8. The van der Waals surface area contributed by atoms with Gasteiger partial charge in [0.25, 0.3) is 0 Å². The number of aromatic nitrogens is 3. The monoisotopic (exact) mass is 349 g/mol. The van der Waals surface area contributed by atoms with E-state index in [9.17, 15) is 0 Å². The second-order valence-electron chi connectivity index (χ2n) is 6.49. The van der Waals surface area contributed by atoms with Crippen LogP contribution in [0.2, 0.25) is 0 Å². The molecule has 0 bridgehead atoms. The molecule has 0 radical (unpaired) electrons. The fraction of sp³-hybridized carbons (Fsp3) is 0.263. The minimum Gasteiger partial charge on any atom is -0.497 e. The first-order valence-electron chi connectivity index (χ1n) is 8.59. The molecule has 2 N–H and O–H groups in total. The number of nitrogens with zero attached hydrogens (tertiary/aromatic N) is 3. The second-order valence-corrected chi connectivity index (χ2v) is 6.49. The summed E-state index contributed by atoms with van der Waals surface area (Å²) in [6, 6.07) is 10.1. The third kappa shape index (κ3) is 2.57. The van der Waals surface area contributed by atoms with Gasteiger partial charge in [0.2, 0.25) is 5.95 Å². The Morgan fingerprint density at radius 3 is 2.92 bits per heavy atom. The molecule has 7 nitrogen and oxygen atoms in total. The summed E-state index contributed by atoms with van der Waals surface area (Å²) < 4.78 is 10.9. The first-order valence-corrected chi connectivity index (χ1v) is 8.59. The molecule has 0 spiro atoms. The fourth-order valence-electron chi connectivity index (χ4n) is 3.46. The van der Waals surface area contributed by atoms with Crippen LogP contribution in [0.25, 0.3) is 0 Å². The number of hydrogen-bond donors (Lipinski definition) is 2. The molecule has 0 saturated carbocycles. The van der Waals surface area contributed by atoms with Crippen LogP contribution in [0.15, 0.2) is 36.5 Å². The molecular formula is C19H19N5O2. The molecule has 0 unspecified atom stereocenters. The van der Waals surface area contributed by atoms with Crippen LogP contribution in [0.3, 0.4) is 0 Å².